The van der Waals surface area contributed by atoms with Crippen LogP contribution in [-0.4, -0.2) is 18.5 Å². The number of nitrogens with one attached hydrogen (secondary N) is 2. The Kier molecular flexibility index (Phi) is 4.75. The van der Waals surface area contributed by atoms with Gasteiger partial charge in [0.1, 0.15) is 5.82 Å². The highest BCUT2D eigenvalue weighted by Crippen LogP contribution is 2.18. The Morgan fingerprint density at radius 3 is 2.82 bits per heavy atom. The molecule has 0 saturated carbocycles. The highest BCUT2D eigenvalue weighted by Gasteiger charge is 2.04. The fourth-order valence-corrected chi connectivity index (χ4v) is 1.39. The summed E-state index contributed by atoms with van der Waals surface area (Å²) in [4.78, 5) is 11.3. The zero-order chi connectivity index (χ0) is 12.8. The lowest BCUT2D eigenvalue weighted by atomic mass is 10.2. The maximum Gasteiger partial charge on any atom is 0.221 e. The quantitative estimate of drug-likeness (QED) is 0.685. The van der Waals surface area contributed by atoms with E-state index in [4.69, 9.17) is 5.73 Å². The summed E-state index contributed by atoms with van der Waals surface area (Å²) in [6, 6.07) is 4.23. The summed E-state index contributed by atoms with van der Waals surface area (Å²) in [5.74, 6) is -0.393. The van der Waals surface area contributed by atoms with E-state index < -0.39 is 0 Å². The summed E-state index contributed by atoms with van der Waals surface area (Å²) >= 11 is 0. The van der Waals surface area contributed by atoms with Crippen LogP contribution in [0.15, 0.2) is 18.2 Å². The molecule has 1 aromatic rings. The van der Waals surface area contributed by atoms with Crippen LogP contribution in [0.4, 0.5) is 15.8 Å². The van der Waals surface area contributed by atoms with E-state index >= 15 is 0 Å². The zero-order valence-electron chi connectivity index (χ0n) is 10.1. The first kappa shape index (κ1) is 13.3. The Bertz CT molecular complexity index is 393. The van der Waals surface area contributed by atoms with Gasteiger partial charge in [0.25, 0.3) is 0 Å². The lowest BCUT2D eigenvalue weighted by Gasteiger charge is -2.11. The van der Waals surface area contributed by atoms with Gasteiger partial charge in [-0.25, -0.2) is 4.39 Å². The molecule has 0 aliphatic heterocycles. The molecule has 1 rings (SSSR count). The van der Waals surface area contributed by atoms with E-state index in [1.807, 2.05) is 13.8 Å². The van der Waals surface area contributed by atoms with Crippen molar-refractivity contribution in [3.63, 3.8) is 0 Å². The van der Waals surface area contributed by atoms with Gasteiger partial charge in [-0.2, -0.15) is 0 Å². The number of benzene rings is 1. The number of anilines is 2. The van der Waals surface area contributed by atoms with Crippen LogP contribution in [0.25, 0.3) is 0 Å². The van der Waals surface area contributed by atoms with Crippen LogP contribution in [-0.2, 0) is 4.79 Å². The summed E-state index contributed by atoms with van der Waals surface area (Å²) < 4.78 is 12.9. The molecule has 0 unspecified atom stereocenters. The van der Waals surface area contributed by atoms with Crippen LogP contribution >= 0.6 is 0 Å². The van der Waals surface area contributed by atoms with Crippen molar-refractivity contribution < 1.29 is 9.18 Å². The summed E-state index contributed by atoms with van der Waals surface area (Å²) in [5.41, 5.74) is 6.64. The Hall–Kier alpha value is -1.78. The molecule has 0 heterocycles. The van der Waals surface area contributed by atoms with Crippen molar-refractivity contribution in [2.75, 3.05) is 17.6 Å². The second-order valence-corrected chi connectivity index (χ2v) is 4.13. The first-order valence-electron chi connectivity index (χ1n) is 5.57. The molecule has 4 N–H and O–H groups in total. The van der Waals surface area contributed by atoms with Gasteiger partial charge in [0.15, 0.2) is 0 Å². The van der Waals surface area contributed by atoms with Crippen molar-refractivity contribution in [2.24, 2.45) is 0 Å². The van der Waals surface area contributed by atoms with Crippen molar-refractivity contribution in [3.8, 4) is 0 Å². The van der Waals surface area contributed by atoms with E-state index in [-0.39, 0.29) is 17.8 Å². The zero-order valence-corrected chi connectivity index (χ0v) is 10.1. The van der Waals surface area contributed by atoms with Crippen molar-refractivity contribution in [1.82, 2.24) is 5.32 Å². The molecule has 17 heavy (non-hydrogen) atoms. The van der Waals surface area contributed by atoms with Crippen LogP contribution < -0.4 is 16.4 Å². The van der Waals surface area contributed by atoms with Crippen molar-refractivity contribution in [1.29, 1.82) is 0 Å². The molecule has 0 aliphatic rings. The van der Waals surface area contributed by atoms with E-state index in [0.717, 1.165) is 0 Å². The second kappa shape index (κ2) is 6.08. The van der Waals surface area contributed by atoms with Gasteiger partial charge >= 0.3 is 0 Å². The highest BCUT2D eigenvalue weighted by atomic mass is 19.1. The van der Waals surface area contributed by atoms with Gasteiger partial charge in [-0.05, 0) is 32.0 Å². The summed E-state index contributed by atoms with van der Waals surface area (Å²) in [5, 5.41) is 5.70. The number of nitrogens with two attached hydrogens (primary N) is 1. The number of halogens is 1. The van der Waals surface area contributed by atoms with E-state index in [2.05, 4.69) is 10.6 Å². The lowest BCUT2D eigenvalue weighted by Crippen LogP contribution is -2.31. The molecule has 1 aromatic carbocycles. The normalized spacial score (nSPS) is 10.4. The maximum atomic E-state index is 12.9. The predicted octanol–water partition coefficient (Wildman–Crippen LogP) is 1.73. The predicted molar refractivity (Wildman–Crippen MR) is 67.2 cm³/mol. The Labute approximate surface area is 100 Å². The molecule has 0 bridgehead atoms. The number of amides is 1. The molecular weight excluding hydrogens is 221 g/mol. The van der Waals surface area contributed by atoms with Crippen molar-refractivity contribution in [2.45, 2.75) is 26.3 Å². The third-order valence-corrected chi connectivity index (χ3v) is 2.13. The number of hydrogen-bond acceptors (Lipinski definition) is 3. The van der Waals surface area contributed by atoms with Gasteiger partial charge in [-0.15, -0.1) is 0 Å². The molecular formula is C12H18FN3O. The molecule has 94 valence electrons. The number of carbonyl (C=O) groups excluding carboxylic acids is 1. The Morgan fingerprint density at radius 1 is 1.47 bits per heavy atom. The average Bonchev–Trinajstić information content (AvgIpc) is 2.22. The molecule has 0 fully saturated rings. The molecule has 0 aromatic heterocycles. The SMILES string of the molecule is CC(C)NC(=O)CCNc1cc(F)ccc1N. The Morgan fingerprint density at radius 2 is 2.18 bits per heavy atom. The summed E-state index contributed by atoms with van der Waals surface area (Å²) in [7, 11) is 0. The highest BCUT2D eigenvalue weighted by molar-refractivity contribution is 5.77. The minimum absolute atomic E-state index is 0.0394. The van der Waals surface area contributed by atoms with Crippen molar-refractivity contribution >= 4 is 17.3 Å². The molecule has 0 saturated heterocycles. The van der Waals surface area contributed by atoms with Gasteiger partial charge < -0.3 is 16.4 Å². The van der Waals surface area contributed by atoms with E-state index in [9.17, 15) is 9.18 Å². The standard InChI is InChI=1S/C12H18FN3O/c1-8(2)16-12(17)5-6-15-11-7-9(13)3-4-10(11)14/h3-4,7-8,15H,5-6,14H2,1-2H3,(H,16,17). The fraction of sp³-hybridized carbons (Fsp3) is 0.417. The van der Waals surface area contributed by atoms with E-state index in [1.165, 1.54) is 18.2 Å². The lowest BCUT2D eigenvalue weighted by molar-refractivity contribution is -0.121. The first-order valence-corrected chi connectivity index (χ1v) is 5.57. The summed E-state index contributed by atoms with van der Waals surface area (Å²) in [6.07, 6.45) is 0.328. The fourth-order valence-electron chi connectivity index (χ4n) is 1.39. The third kappa shape index (κ3) is 4.72. The largest absolute Gasteiger partial charge is 0.397 e. The minimum Gasteiger partial charge on any atom is -0.397 e. The van der Waals surface area contributed by atoms with Gasteiger partial charge in [0, 0.05) is 19.0 Å². The molecule has 5 heteroatoms. The molecule has 0 aliphatic carbocycles. The monoisotopic (exact) mass is 239 g/mol. The van der Waals surface area contributed by atoms with Crippen LogP contribution in [0.3, 0.4) is 0 Å². The molecule has 0 spiro atoms. The molecule has 1 amide bonds. The average molecular weight is 239 g/mol. The van der Waals surface area contributed by atoms with E-state index in [1.54, 1.807) is 0 Å². The van der Waals surface area contributed by atoms with Gasteiger partial charge in [-0.1, -0.05) is 0 Å². The number of hydrogen-bond donors (Lipinski definition) is 3. The topological polar surface area (TPSA) is 67.2 Å². The van der Waals surface area contributed by atoms with E-state index in [0.29, 0.717) is 24.3 Å². The molecule has 0 atom stereocenters. The van der Waals surface area contributed by atoms with Crippen LogP contribution in [0, 0.1) is 5.82 Å². The molecule has 0 radical (unpaired) electrons. The minimum atomic E-state index is -0.353. The smallest absolute Gasteiger partial charge is 0.221 e. The van der Waals surface area contributed by atoms with Crippen LogP contribution in [0.5, 0.6) is 0 Å². The van der Waals surface area contributed by atoms with Gasteiger partial charge in [-0.3, -0.25) is 4.79 Å². The first-order chi connectivity index (χ1) is 7.99. The summed E-state index contributed by atoms with van der Waals surface area (Å²) in [6.45, 7) is 4.22. The number of carbonyl (C=O) groups is 1. The van der Waals surface area contributed by atoms with Gasteiger partial charge in [0.05, 0.1) is 11.4 Å². The van der Waals surface area contributed by atoms with Crippen LogP contribution in [0.2, 0.25) is 0 Å². The second-order valence-electron chi connectivity index (χ2n) is 4.13. The maximum absolute atomic E-state index is 12.9. The van der Waals surface area contributed by atoms with Crippen molar-refractivity contribution in [3.05, 3.63) is 24.0 Å². The third-order valence-electron chi connectivity index (χ3n) is 2.13. The van der Waals surface area contributed by atoms with Crippen LogP contribution in [0.1, 0.15) is 20.3 Å². The van der Waals surface area contributed by atoms with Gasteiger partial charge in [0.2, 0.25) is 5.91 Å². The number of rotatable bonds is 5. The molecule has 4 nitrogen and oxygen atoms in total. The Balaban J connectivity index is 2.40. The number of nitrogen functional groups attached to an aromatic ring is 1.